The molecule has 1 aliphatic carbocycles. The third-order valence-electron chi connectivity index (χ3n) is 4.81. The second kappa shape index (κ2) is 7.51. The number of aliphatic hydroxyl groups is 1. The van der Waals surface area contributed by atoms with Crippen molar-refractivity contribution in [2.75, 3.05) is 6.54 Å². The molecule has 3 rings (SSSR count). The minimum absolute atomic E-state index is 0.127. The molecule has 0 radical (unpaired) electrons. The zero-order valence-corrected chi connectivity index (χ0v) is 15.1. The van der Waals surface area contributed by atoms with Gasteiger partial charge in [0.25, 0.3) is 0 Å². The summed E-state index contributed by atoms with van der Waals surface area (Å²) in [5, 5.41) is 19.3. The second-order valence-electron chi connectivity index (χ2n) is 6.37. The lowest BCUT2D eigenvalue weighted by atomic mass is 9.90. The van der Waals surface area contributed by atoms with Crippen LogP contribution in [-0.4, -0.2) is 24.0 Å². The molecule has 0 bridgehead atoms. The topological polar surface area (TPSA) is 82.7 Å². The molecule has 0 amide bonds. The summed E-state index contributed by atoms with van der Waals surface area (Å²) in [6.45, 7) is 6.11. The molecule has 1 aromatic heterocycles. The van der Waals surface area contributed by atoms with Crippen LogP contribution in [-0.2, 0) is 13.0 Å². The summed E-state index contributed by atoms with van der Waals surface area (Å²) in [6.07, 6.45) is 7.13. The average molecular weight is 346 g/mol. The quantitative estimate of drug-likeness (QED) is 0.488. The van der Waals surface area contributed by atoms with Gasteiger partial charge >= 0.3 is 0 Å². The van der Waals surface area contributed by atoms with Crippen molar-refractivity contribution in [1.82, 2.24) is 10.6 Å². The summed E-state index contributed by atoms with van der Waals surface area (Å²) in [5.74, 6) is 0.604. The van der Waals surface area contributed by atoms with Gasteiger partial charge in [-0.2, -0.15) is 0 Å². The van der Waals surface area contributed by atoms with Gasteiger partial charge in [-0.15, -0.1) is 11.3 Å². The number of nitrogens with zero attached hydrogens (tertiary/aromatic N) is 1. The number of allylic oxidation sites excluding steroid dienone is 1. The first-order valence-electron chi connectivity index (χ1n) is 8.55. The Morgan fingerprint density at radius 2 is 2.38 bits per heavy atom. The Bertz CT molecular complexity index is 677. The maximum absolute atomic E-state index is 10.0. The highest BCUT2D eigenvalue weighted by Crippen LogP contribution is 2.32. The fourth-order valence-corrected chi connectivity index (χ4v) is 4.50. The van der Waals surface area contributed by atoms with Crippen LogP contribution in [0.2, 0.25) is 0 Å². The first-order chi connectivity index (χ1) is 11.6. The predicted molar refractivity (Wildman–Crippen MR) is 100 cm³/mol. The highest BCUT2D eigenvalue weighted by Gasteiger charge is 2.26. The monoisotopic (exact) mass is 346 g/mol. The van der Waals surface area contributed by atoms with E-state index in [-0.39, 0.29) is 18.1 Å². The van der Waals surface area contributed by atoms with Gasteiger partial charge in [0, 0.05) is 23.0 Å². The summed E-state index contributed by atoms with van der Waals surface area (Å²) in [5.41, 5.74) is 9.24. The standard InChI is InChI=1S/C18H26N4OS/c1-3-12-7-15(11(2)6-16(12)23)22-18(21-10-19)14-9-24-17-8-20-5-4-13(14)17/h6-7,9-11,15,18,20,22-23H,3-5,8H2,1-2H3,(H2,19,21). The van der Waals surface area contributed by atoms with Crippen LogP contribution in [0.15, 0.2) is 33.9 Å². The van der Waals surface area contributed by atoms with E-state index >= 15 is 0 Å². The molecule has 3 unspecified atom stereocenters. The molecule has 130 valence electrons. The van der Waals surface area contributed by atoms with E-state index in [1.807, 2.05) is 6.08 Å². The van der Waals surface area contributed by atoms with Gasteiger partial charge in [0.1, 0.15) is 11.9 Å². The van der Waals surface area contributed by atoms with E-state index in [2.05, 4.69) is 40.9 Å². The maximum Gasteiger partial charge on any atom is 0.128 e. The van der Waals surface area contributed by atoms with Crippen molar-refractivity contribution >= 4 is 17.7 Å². The van der Waals surface area contributed by atoms with Crippen LogP contribution in [0.5, 0.6) is 0 Å². The van der Waals surface area contributed by atoms with Gasteiger partial charge in [-0.05, 0) is 47.9 Å². The molecule has 24 heavy (non-hydrogen) atoms. The highest BCUT2D eigenvalue weighted by molar-refractivity contribution is 7.10. The summed E-state index contributed by atoms with van der Waals surface area (Å²) in [6, 6.07) is 0.127. The Morgan fingerprint density at radius 3 is 3.12 bits per heavy atom. The smallest absolute Gasteiger partial charge is 0.128 e. The van der Waals surface area contributed by atoms with Crippen molar-refractivity contribution in [2.24, 2.45) is 16.6 Å². The van der Waals surface area contributed by atoms with Gasteiger partial charge in [0.05, 0.1) is 6.34 Å². The van der Waals surface area contributed by atoms with Gasteiger partial charge in [0.2, 0.25) is 0 Å². The second-order valence-corrected chi connectivity index (χ2v) is 7.33. The molecule has 0 fully saturated rings. The van der Waals surface area contributed by atoms with Gasteiger partial charge in [0.15, 0.2) is 0 Å². The molecular formula is C18H26N4OS. The van der Waals surface area contributed by atoms with Gasteiger partial charge in [-0.1, -0.05) is 19.9 Å². The van der Waals surface area contributed by atoms with E-state index in [0.29, 0.717) is 5.76 Å². The molecule has 2 aliphatic rings. The SMILES string of the molecule is CCC1=CC(NC(/N=C\N)c2csc3c2CCNC3)C(C)C=C1O. The predicted octanol–water partition coefficient (Wildman–Crippen LogP) is 2.77. The zero-order valence-electron chi connectivity index (χ0n) is 14.2. The van der Waals surface area contributed by atoms with Gasteiger partial charge in [-0.3, -0.25) is 10.3 Å². The van der Waals surface area contributed by atoms with Crippen LogP contribution in [0.4, 0.5) is 0 Å². The van der Waals surface area contributed by atoms with Crippen molar-refractivity contribution in [3.8, 4) is 0 Å². The van der Waals surface area contributed by atoms with Gasteiger partial charge in [-0.25, -0.2) is 0 Å². The van der Waals surface area contributed by atoms with Crippen LogP contribution in [0.1, 0.15) is 42.4 Å². The Balaban J connectivity index is 1.85. The van der Waals surface area contributed by atoms with E-state index in [1.165, 1.54) is 22.3 Å². The zero-order chi connectivity index (χ0) is 17.1. The largest absolute Gasteiger partial charge is 0.508 e. The molecule has 0 saturated carbocycles. The lowest BCUT2D eigenvalue weighted by molar-refractivity contribution is 0.376. The first kappa shape index (κ1) is 17.2. The van der Waals surface area contributed by atoms with E-state index in [0.717, 1.165) is 31.5 Å². The lowest BCUT2D eigenvalue weighted by Gasteiger charge is -2.29. The summed E-state index contributed by atoms with van der Waals surface area (Å²) < 4.78 is 0. The highest BCUT2D eigenvalue weighted by atomic mass is 32.1. The Morgan fingerprint density at radius 1 is 1.54 bits per heavy atom. The molecule has 1 aromatic rings. The van der Waals surface area contributed by atoms with Crippen molar-refractivity contribution in [3.63, 3.8) is 0 Å². The van der Waals surface area contributed by atoms with Crippen LogP contribution in [0.25, 0.3) is 0 Å². The molecule has 5 nitrogen and oxygen atoms in total. The van der Waals surface area contributed by atoms with Crippen LogP contribution < -0.4 is 16.4 Å². The Labute approximate surface area is 147 Å². The molecule has 5 N–H and O–H groups in total. The Kier molecular flexibility index (Phi) is 5.38. The first-order valence-corrected chi connectivity index (χ1v) is 9.43. The van der Waals surface area contributed by atoms with Crippen LogP contribution in [0, 0.1) is 5.92 Å². The normalized spacial score (nSPS) is 25.2. The minimum atomic E-state index is -0.149. The van der Waals surface area contributed by atoms with Crippen molar-refractivity contribution in [2.45, 2.75) is 45.4 Å². The van der Waals surface area contributed by atoms with E-state index in [1.54, 1.807) is 11.3 Å². The van der Waals surface area contributed by atoms with Crippen LogP contribution in [0.3, 0.4) is 0 Å². The van der Waals surface area contributed by atoms with Crippen molar-refractivity contribution in [3.05, 3.63) is 44.9 Å². The molecule has 1 aliphatic heterocycles. The number of nitrogens with one attached hydrogen (secondary N) is 2. The third kappa shape index (κ3) is 3.41. The molecular weight excluding hydrogens is 320 g/mol. The van der Waals surface area contributed by atoms with Gasteiger partial charge < -0.3 is 16.2 Å². The fourth-order valence-electron chi connectivity index (χ4n) is 3.41. The molecule has 2 heterocycles. The maximum atomic E-state index is 10.0. The number of hydrogen-bond donors (Lipinski definition) is 4. The molecule has 0 spiro atoms. The third-order valence-corrected chi connectivity index (χ3v) is 5.86. The molecule has 6 heteroatoms. The van der Waals surface area contributed by atoms with E-state index in [9.17, 15) is 5.11 Å². The minimum Gasteiger partial charge on any atom is -0.508 e. The molecule has 3 atom stereocenters. The number of nitrogens with two attached hydrogens (primary N) is 1. The fraction of sp³-hybridized carbons (Fsp3) is 0.500. The summed E-state index contributed by atoms with van der Waals surface area (Å²) >= 11 is 1.79. The number of aliphatic imine (C=N–C) groups is 1. The van der Waals surface area contributed by atoms with E-state index in [4.69, 9.17) is 5.73 Å². The van der Waals surface area contributed by atoms with Crippen molar-refractivity contribution < 1.29 is 5.11 Å². The molecule has 0 saturated heterocycles. The summed E-state index contributed by atoms with van der Waals surface area (Å²) in [7, 11) is 0. The lowest BCUT2D eigenvalue weighted by Crippen LogP contribution is -2.37. The van der Waals surface area contributed by atoms with Crippen LogP contribution >= 0.6 is 11.3 Å². The van der Waals surface area contributed by atoms with E-state index < -0.39 is 0 Å². The average Bonchev–Trinajstić information content (AvgIpc) is 3.00. The number of thiophene rings is 1. The molecule has 0 aromatic carbocycles. The Hall–Kier alpha value is -1.63. The number of rotatable bonds is 5. The number of aliphatic hydroxyl groups excluding tert-OH is 1. The summed E-state index contributed by atoms with van der Waals surface area (Å²) in [4.78, 5) is 5.89. The number of hydrogen-bond acceptors (Lipinski definition) is 5. The number of fused-ring (bicyclic) bond motifs is 1. The van der Waals surface area contributed by atoms with Crippen molar-refractivity contribution in [1.29, 1.82) is 0 Å².